The molecular weight excluding hydrogens is 352 g/mol. The summed E-state index contributed by atoms with van der Waals surface area (Å²) >= 11 is 3.55. The van der Waals surface area contributed by atoms with Crippen LogP contribution in [0.2, 0.25) is 0 Å². The van der Waals surface area contributed by atoms with Crippen LogP contribution in [0.15, 0.2) is 47.2 Å². The first kappa shape index (κ1) is 15.8. The number of benzene rings is 2. The Labute approximate surface area is 145 Å². The maximum absolute atomic E-state index is 5.31. The van der Waals surface area contributed by atoms with E-state index in [2.05, 4.69) is 58.4 Å². The molecule has 0 bridgehead atoms. The highest BCUT2D eigenvalue weighted by molar-refractivity contribution is 9.10. The maximum Gasteiger partial charge on any atom is 0.144 e. The first-order valence-electron chi connectivity index (χ1n) is 7.46. The molecule has 0 fully saturated rings. The predicted octanol–water partition coefficient (Wildman–Crippen LogP) is 5.24. The van der Waals surface area contributed by atoms with Gasteiger partial charge >= 0.3 is 0 Å². The van der Waals surface area contributed by atoms with E-state index in [9.17, 15) is 0 Å². The minimum atomic E-state index is 0.814. The van der Waals surface area contributed by atoms with E-state index in [1.165, 1.54) is 22.4 Å². The van der Waals surface area contributed by atoms with Crippen LogP contribution >= 0.6 is 15.9 Å². The molecule has 0 radical (unpaired) electrons. The summed E-state index contributed by atoms with van der Waals surface area (Å²) in [5.41, 5.74) is 6.00. The molecule has 0 N–H and O–H groups in total. The van der Waals surface area contributed by atoms with Crippen LogP contribution in [-0.2, 0) is 0 Å². The molecule has 0 saturated heterocycles. The smallest absolute Gasteiger partial charge is 0.144 e. The molecule has 0 aliphatic rings. The minimum Gasteiger partial charge on any atom is -0.496 e. The summed E-state index contributed by atoms with van der Waals surface area (Å²) in [7, 11) is 1.67. The van der Waals surface area contributed by atoms with Crippen LogP contribution < -0.4 is 4.74 Å². The number of halogens is 1. The van der Waals surface area contributed by atoms with Crippen LogP contribution in [-0.4, -0.2) is 16.7 Å². The molecule has 0 unspecified atom stereocenters. The number of rotatable bonds is 3. The number of nitrogens with zero attached hydrogens (tertiary/aromatic N) is 2. The molecule has 23 heavy (non-hydrogen) atoms. The third-order valence-corrected chi connectivity index (χ3v) is 4.55. The fourth-order valence-electron chi connectivity index (χ4n) is 3.06. The van der Waals surface area contributed by atoms with Crippen LogP contribution in [0.25, 0.3) is 17.1 Å². The van der Waals surface area contributed by atoms with Crippen molar-refractivity contribution < 1.29 is 4.74 Å². The van der Waals surface area contributed by atoms with Gasteiger partial charge in [-0.1, -0.05) is 17.7 Å². The van der Waals surface area contributed by atoms with Gasteiger partial charge in [-0.2, -0.15) is 0 Å². The van der Waals surface area contributed by atoms with Gasteiger partial charge in [0.1, 0.15) is 11.6 Å². The van der Waals surface area contributed by atoms with E-state index in [1.807, 2.05) is 30.6 Å². The van der Waals surface area contributed by atoms with Crippen LogP contribution in [0.3, 0.4) is 0 Å². The summed E-state index contributed by atoms with van der Waals surface area (Å²) in [6.45, 7) is 6.41. The predicted molar refractivity (Wildman–Crippen MR) is 97.5 cm³/mol. The molecule has 1 aromatic heterocycles. The average molecular weight is 371 g/mol. The SMILES string of the molecule is COc1ccc(-c2nccn2-c2c(C)cc(C)cc2C)cc1Br. The Morgan fingerprint density at radius 1 is 1.04 bits per heavy atom. The summed E-state index contributed by atoms with van der Waals surface area (Å²) in [5.74, 6) is 1.73. The van der Waals surface area contributed by atoms with Gasteiger partial charge in [-0.15, -0.1) is 0 Å². The van der Waals surface area contributed by atoms with Crippen molar-refractivity contribution >= 4 is 15.9 Å². The van der Waals surface area contributed by atoms with E-state index in [1.54, 1.807) is 7.11 Å². The second-order valence-corrected chi connectivity index (χ2v) is 6.57. The molecule has 3 nitrogen and oxygen atoms in total. The maximum atomic E-state index is 5.31. The number of aromatic nitrogens is 2. The van der Waals surface area contributed by atoms with Gasteiger partial charge in [-0.25, -0.2) is 4.98 Å². The highest BCUT2D eigenvalue weighted by Crippen LogP contribution is 2.32. The van der Waals surface area contributed by atoms with Gasteiger partial charge in [0, 0.05) is 18.0 Å². The number of aryl methyl sites for hydroxylation is 3. The molecule has 4 heteroatoms. The van der Waals surface area contributed by atoms with Gasteiger partial charge in [0.25, 0.3) is 0 Å². The van der Waals surface area contributed by atoms with E-state index in [0.29, 0.717) is 0 Å². The fraction of sp³-hybridized carbons (Fsp3) is 0.211. The Bertz CT molecular complexity index is 845. The van der Waals surface area contributed by atoms with Gasteiger partial charge in [-0.3, -0.25) is 4.57 Å². The normalized spacial score (nSPS) is 10.8. The first-order chi connectivity index (χ1) is 11.0. The van der Waals surface area contributed by atoms with Crippen LogP contribution in [0.1, 0.15) is 16.7 Å². The standard InChI is InChI=1S/C19H19BrN2O/c1-12-9-13(2)18(14(3)10-12)22-8-7-21-19(22)15-5-6-17(23-4)16(20)11-15/h5-11H,1-4H3. The number of imidazole rings is 1. The lowest BCUT2D eigenvalue weighted by molar-refractivity contribution is 0.412. The second kappa shape index (κ2) is 6.20. The molecule has 0 atom stereocenters. The summed E-state index contributed by atoms with van der Waals surface area (Å²) in [4.78, 5) is 4.57. The second-order valence-electron chi connectivity index (χ2n) is 5.72. The number of hydrogen-bond donors (Lipinski definition) is 0. The monoisotopic (exact) mass is 370 g/mol. The number of methoxy groups -OCH3 is 1. The zero-order valence-corrected chi connectivity index (χ0v) is 15.3. The summed E-state index contributed by atoms with van der Waals surface area (Å²) in [6, 6.07) is 10.4. The summed E-state index contributed by atoms with van der Waals surface area (Å²) in [6.07, 6.45) is 3.85. The van der Waals surface area contributed by atoms with Crippen molar-refractivity contribution in [2.75, 3.05) is 7.11 Å². The lowest BCUT2D eigenvalue weighted by Gasteiger charge is -2.15. The van der Waals surface area contributed by atoms with Crippen molar-refractivity contribution in [3.8, 4) is 22.8 Å². The minimum absolute atomic E-state index is 0.814. The fourth-order valence-corrected chi connectivity index (χ4v) is 3.60. The van der Waals surface area contributed by atoms with Crippen molar-refractivity contribution in [2.24, 2.45) is 0 Å². The van der Waals surface area contributed by atoms with Crippen molar-refractivity contribution in [2.45, 2.75) is 20.8 Å². The van der Waals surface area contributed by atoms with Gasteiger partial charge in [0.2, 0.25) is 0 Å². The van der Waals surface area contributed by atoms with E-state index >= 15 is 0 Å². The highest BCUT2D eigenvalue weighted by Gasteiger charge is 2.13. The summed E-state index contributed by atoms with van der Waals surface area (Å²) < 4.78 is 8.38. The van der Waals surface area contributed by atoms with E-state index in [0.717, 1.165) is 21.6 Å². The molecule has 118 valence electrons. The van der Waals surface area contributed by atoms with Gasteiger partial charge in [0.05, 0.1) is 17.3 Å². The largest absolute Gasteiger partial charge is 0.496 e. The molecule has 1 heterocycles. The van der Waals surface area contributed by atoms with E-state index in [4.69, 9.17) is 4.74 Å². The van der Waals surface area contributed by atoms with Crippen molar-refractivity contribution in [1.82, 2.24) is 9.55 Å². The Morgan fingerprint density at radius 3 is 2.35 bits per heavy atom. The molecule has 2 aromatic carbocycles. The zero-order valence-electron chi connectivity index (χ0n) is 13.7. The lowest BCUT2D eigenvalue weighted by Crippen LogP contribution is -2.02. The number of ether oxygens (including phenoxy) is 1. The Balaban J connectivity index is 2.16. The molecule has 0 spiro atoms. The third kappa shape index (κ3) is 2.91. The molecule has 3 rings (SSSR count). The molecule has 0 aliphatic carbocycles. The van der Waals surface area contributed by atoms with Crippen LogP contribution in [0, 0.1) is 20.8 Å². The number of hydrogen-bond acceptors (Lipinski definition) is 2. The summed E-state index contributed by atoms with van der Waals surface area (Å²) in [5, 5.41) is 0. The average Bonchev–Trinajstić information content (AvgIpc) is 2.95. The Hall–Kier alpha value is -2.07. The molecule has 0 saturated carbocycles. The van der Waals surface area contributed by atoms with Crippen molar-refractivity contribution in [3.63, 3.8) is 0 Å². The van der Waals surface area contributed by atoms with Crippen molar-refractivity contribution in [3.05, 3.63) is 63.9 Å². The lowest BCUT2D eigenvalue weighted by atomic mass is 10.0. The molecule has 0 amide bonds. The van der Waals surface area contributed by atoms with E-state index in [-0.39, 0.29) is 0 Å². The van der Waals surface area contributed by atoms with Gasteiger partial charge in [0.15, 0.2) is 0 Å². The Morgan fingerprint density at radius 2 is 1.74 bits per heavy atom. The van der Waals surface area contributed by atoms with Crippen LogP contribution in [0.5, 0.6) is 5.75 Å². The molecule has 3 aromatic rings. The topological polar surface area (TPSA) is 27.1 Å². The quantitative estimate of drug-likeness (QED) is 0.630. The molecular formula is C19H19BrN2O. The van der Waals surface area contributed by atoms with E-state index < -0.39 is 0 Å². The molecule has 0 aliphatic heterocycles. The third-order valence-electron chi connectivity index (χ3n) is 3.93. The van der Waals surface area contributed by atoms with Crippen LogP contribution in [0.4, 0.5) is 0 Å². The zero-order chi connectivity index (χ0) is 16.6. The first-order valence-corrected chi connectivity index (χ1v) is 8.26. The van der Waals surface area contributed by atoms with Gasteiger partial charge < -0.3 is 4.74 Å². The Kier molecular flexibility index (Phi) is 4.26. The highest BCUT2D eigenvalue weighted by atomic mass is 79.9. The van der Waals surface area contributed by atoms with Gasteiger partial charge in [-0.05, 0) is 66.0 Å². The van der Waals surface area contributed by atoms with Crippen molar-refractivity contribution in [1.29, 1.82) is 0 Å².